The lowest BCUT2D eigenvalue weighted by molar-refractivity contribution is 0.0942. The van der Waals surface area contributed by atoms with E-state index in [4.69, 9.17) is 11.6 Å². The van der Waals surface area contributed by atoms with Gasteiger partial charge in [0.1, 0.15) is 0 Å². The van der Waals surface area contributed by atoms with Crippen molar-refractivity contribution >= 4 is 17.4 Å². The number of rotatable bonds is 4. The van der Waals surface area contributed by atoms with Gasteiger partial charge in [-0.15, -0.1) is 0 Å². The van der Waals surface area contributed by atoms with Gasteiger partial charge in [0.25, 0.3) is 0 Å². The van der Waals surface area contributed by atoms with E-state index in [1.807, 2.05) is 12.1 Å². The van der Waals surface area contributed by atoms with Crippen molar-refractivity contribution in [3.8, 4) is 0 Å². The lowest BCUT2D eigenvalue weighted by Crippen LogP contribution is -2.28. The Bertz CT molecular complexity index is 430. The minimum atomic E-state index is 0.130. The highest BCUT2D eigenvalue weighted by Gasteiger charge is 2.26. The molecule has 0 N–H and O–H groups in total. The van der Waals surface area contributed by atoms with E-state index in [1.54, 1.807) is 12.1 Å². The molecule has 1 fully saturated rings. The van der Waals surface area contributed by atoms with Crippen molar-refractivity contribution < 1.29 is 4.79 Å². The summed E-state index contributed by atoms with van der Waals surface area (Å²) < 4.78 is 0. The Morgan fingerprint density at radius 2 is 2.17 bits per heavy atom. The normalized spacial score (nSPS) is 20.6. The van der Waals surface area contributed by atoms with Crippen LogP contribution in [0.15, 0.2) is 24.3 Å². The zero-order chi connectivity index (χ0) is 13.1. The second-order valence-corrected chi connectivity index (χ2v) is 5.84. The monoisotopic (exact) mass is 265 g/mol. The maximum atomic E-state index is 12.2. The maximum absolute atomic E-state index is 12.2. The Kier molecular flexibility index (Phi) is 4.41. The molecule has 2 rings (SSSR count). The molecule has 2 nitrogen and oxygen atoms in total. The molecule has 1 aromatic rings. The second kappa shape index (κ2) is 5.85. The number of hydrogen-bond donors (Lipinski definition) is 0. The molecule has 0 radical (unpaired) electrons. The summed E-state index contributed by atoms with van der Waals surface area (Å²) in [6.45, 7) is 7.06. The third-order valence-electron chi connectivity index (χ3n) is 3.79. The number of benzene rings is 1. The van der Waals surface area contributed by atoms with Crippen molar-refractivity contribution in [3.05, 3.63) is 34.9 Å². The quantitative estimate of drug-likeness (QED) is 0.777. The van der Waals surface area contributed by atoms with E-state index < -0.39 is 0 Å². The Morgan fingerprint density at radius 1 is 1.44 bits per heavy atom. The van der Waals surface area contributed by atoms with Crippen LogP contribution in [0.4, 0.5) is 0 Å². The lowest BCUT2D eigenvalue weighted by atomic mass is 9.95. The van der Waals surface area contributed by atoms with Gasteiger partial charge in [-0.05, 0) is 36.9 Å². The molecule has 0 amide bonds. The average molecular weight is 266 g/mol. The molecule has 1 unspecified atom stereocenters. The number of halogens is 1. The largest absolute Gasteiger partial charge is 0.296 e. The van der Waals surface area contributed by atoms with Gasteiger partial charge in [-0.25, -0.2) is 0 Å². The molecule has 0 bridgehead atoms. The Labute approximate surface area is 114 Å². The molecule has 0 aliphatic carbocycles. The number of likely N-dealkylation sites (tertiary alicyclic amines) is 1. The van der Waals surface area contributed by atoms with Gasteiger partial charge in [0.2, 0.25) is 0 Å². The first kappa shape index (κ1) is 13.6. The van der Waals surface area contributed by atoms with Gasteiger partial charge in [-0.2, -0.15) is 0 Å². The van der Waals surface area contributed by atoms with Crippen LogP contribution in [0.25, 0.3) is 0 Å². The fourth-order valence-corrected chi connectivity index (χ4v) is 2.77. The summed E-state index contributed by atoms with van der Waals surface area (Å²) in [5.74, 6) is 1.56. The number of hydrogen-bond acceptors (Lipinski definition) is 2. The molecule has 1 aromatic carbocycles. The summed E-state index contributed by atoms with van der Waals surface area (Å²) in [4.78, 5) is 14.4. The molecule has 0 saturated carbocycles. The predicted octanol–water partition coefficient (Wildman–Crippen LogP) is 3.50. The average Bonchev–Trinajstić information content (AvgIpc) is 2.78. The molecular weight excluding hydrogens is 246 g/mol. The van der Waals surface area contributed by atoms with Crippen molar-refractivity contribution in [2.45, 2.75) is 20.3 Å². The SMILES string of the molecule is CC(C)C1CCN(CC(=O)c2ccccc2Cl)C1. The lowest BCUT2D eigenvalue weighted by Gasteiger charge is -2.17. The van der Waals surface area contributed by atoms with Crippen LogP contribution in [0.1, 0.15) is 30.6 Å². The zero-order valence-electron chi connectivity index (χ0n) is 11.0. The highest BCUT2D eigenvalue weighted by Crippen LogP contribution is 2.24. The topological polar surface area (TPSA) is 20.3 Å². The van der Waals surface area contributed by atoms with Crippen LogP contribution in [0.5, 0.6) is 0 Å². The van der Waals surface area contributed by atoms with Gasteiger partial charge >= 0.3 is 0 Å². The van der Waals surface area contributed by atoms with Crippen LogP contribution in [0.2, 0.25) is 5.02 Å². The summed E-state index contributed by atoms with van der Waals surface area (Å²) in [5, 5.41) is 0.558. The van der Waals surface area contributed by atoms with Crippen LogP contribution >= 0.6 is 11.6 Å². The van der Waals surface area contributed by atoms with Crippen LogP contribution in [-0.4, -0.2) is 30.3 Å². The third kappa shape index (κ3) is 3.12. The van der Waals surface area contributed by atoms with E-state index in [1.165, 1.54) is 6.42 Å². The highest BCUT2D eigenvalue weighted by atomic mass is 35.5. The number of carbonyl (C=O) groups excluding carboxylic acids is 1. The Balaban J connectivity index is 1.95. The number of ketones is 1. The van der Waals surface area contributed by atoms with Crippen molar-refractivity contribution in [1.29, 1.82) is 0 Å². The first-order valence-corrected chi connectivity index (χ1v) is 6.96. The number of nitrogens with zero attached hydrogens (tertiary/aromatic N) is 1. The third-order valence-corrected chi connectivity index (χ3v) is 4.12. The highest BCUT2D eigenvalue weighted by molar-refractivity contribution is 6.34. The van der Waals surface area contributed by atoms with Gasteiger partial charge in [-0.3, -0.25) is 9.69 Å². The standard InChI is InChI=1S/C15H20ClNO/c1-11(2)12-7-8-17(9-12)10-15(18)13-5-3-4-6-14(13)16/h3-6,11-12H,7-10H2,1-2H3. The van der Waals surface area contributed by atoms with Crippen LogP contribution in [0.3, 0.4) is 0 Å². The van der Waals surface area contributed by atoms with Gasteiger partial charge in [-0.1, -0.05) is 37.6 Å². The smallest absolute Gasteiger partial charge is 0.178 e. The van der Waals surface area contributed by atoms with E-state index >= 15 is 0 Å². The van der Waals surface area contributed by atoms with Gasteiger partial charge in [0.05, 0.1) is 11.6 Å². The van der Waals surface area contributed by atoms with Crippen molar-refractivity contribution in [1.82, 2.24) is 4.90 Å². The first-order chi connectivity index (χ1) is 8.58. The molecule has 1 aliphatic rings. The van der Waals surface area contributed by atoms with Crippen molar-refractivity contribution in [3.63, 3.8) is 0 Å². The zero-order valence-corrected chi connectivity index (χ0v) is 11.8. The van der Waals surface area contributed by atoms with Crippen LogP contribution in [0, 0.1) is 11.8 Å². The van der Waals surface area contributed by atoms with Gasteiger partial charge in [0.15, 0.2) is 5.78 Å². The summed E-state index contributed by atoms with van der Waals surface area (Å²) in [7, 11) is 0. The van der Waals surface area contributed by atoms with Crippen molar-refractivity contribution in [2.24, 2.45) is 11.8 Å². The predicted molar refractivity (Wildman–Crippen MR) is 75.2 cm³/mol. The van der Waals surface area contributed by atoms with Crippen LogP contribution in [-0.2, 0) is 0 Å². The molecular formula is C15H20ClNO. The van der Waals surface area contributed by atoms with E-state index in [-0.39, 0.29) is 5.78 Å². The Hall–Kier alpha value is -0.860. The summed E-state index contributed by atoms with van der Waals surface area (Å²) in [6.07, 6.45) is 1.20. The fraction of sp³-hybridized carbons (Fsp3) is 0.533. The van der Waals surface area contributed by atoms with E-state index in [2.05, 4.69) is 18.7 Å². The number of Topliss-reactive ketones (excluding diaryl/α,β-unsaturated/α-hetero) is 1. The fourth-order valence-electron chi connectivity index (χ4n) is 2.53. The summed E-state index contributed by atoms with van der Waals surface area (Å²) in [6, 6.07) is 7.29. The van der Waals surface area contributed by atoms with Crippen LogP contribution < -0.4 is 0 Å². The minimum absolute atomic E-state index is 0.130. The Morgan fingerprint density at radius 3 is 2.78 bits per heavy atom. The second-order valence-electron chi connectivity index (χ2n) is 5.43. The molecule has 1 atom stereocenters. The van der Waals surface area contributed by atoms with E-state index in [9.17, 15) is 4.79 Å². The molecule has 1 heterocycles. The summed E-state index contributed by atoms with van der Waals surface area (Å²) >= 11 is 6.04. The molecule has 0 spiro atoms. The molecule has 18 heavy (non-hydrogen) atoms. The van der Waals surface area contributed by atoms with E-state index in [0.717, 1.165) is 19.0 Å². The molecule has 1 saturated heterocycles. The molecule has 0 aromatic heterocycles. The van der Waals surface area contributed by atoms with Gasteiger partial charge < -0.3 is 0 Å². The summed E-state index contributed by atoms with van der Waals surface area (Å²) in [5.41, 5.74) is 0.646. The van der Waals surface area contributed by atoms with E-state index in [0.29, 0.717) is 23.0 Å². The molecule has 98 valence electrons. The maximum Gasteiger partial charge on any atom is 0.178 e. The first-order valence-electron chi connectivity index (χ1n) is 6.58. The van der Waals surface area contributed by atoms with Gasteiger partial charge in [0, 0.05) is 12.1 Å². The molecule has 3 heteroatoms. The molecule has 1 aliphatic heterocycles. The van der Waals surface area contributed by atoms with Crippen molar-refractivity contribution in [2.75, 3.05) is 19.6 Å². The minimum Gasteiger partial charge on any atom is -0.296 e. The number of carbonyl (C=O) groups is 1.